The van der Waals surface area contributed by atoms with E-state index in [9.17, 15) is 14.4 Å². The number of rotatable bonds is 10. The largest absolute Gasteiger partial charge is 0.494 e. The molecule has 1 heterocycles. The number of morpholine rings is 1. The minimum Gasteiger partial charge on any atom is -0.494 e. The first-order chi connectivity index (χ1) is 20.0. The second kappa shape index (κ2) is 13.4. The zero-order valence-corrected chi connectivity index (χ0v) is 25.3. The van der Waals surface area contributed by atoms with Gasteiger partial charge in [0, 0.05) is 36.6 Å². The highest BCUT2D eigenvalue weighted by atomic mass is 16.5. The highest BCUT2D eigenvalue weighted by Crippen LogP contribution is 2.36. The summed E-state index contributed by atoms with van der Waals surface area (Å²) < 4.78 is 17.1. The maximum atomic E-state index is 13.5. The topological polar surface area (TPSA) is 106 Å². The summed E-state index contributed by atoms with van der Waals surface area (Å²) in [7, 11) is 1.43. The molecule has 9 heteroatoms. The van der Waals surface area contributed by atoms with Crippen LogP contribution in [0.3, 0.4) is 0 Å². The number of carbonyl (C=O) groups is 3. The maximum Gasteiger partial charge on any atom is 0.296 e. The Morgan fingerprint density at radius 2 is 1.67 bits per heavy atom. The predicted octanol–water partition coefficient (Wildman–Crippen LogP) is 4.82. The number of carbonyl (C=O) groups excluding carboxylic acids is 3. The molecule has 2 N–H and O–H groups in total. The fraction of sp³-hybridized carbons (Fsp3) is 0.424. The van der Waals surface area contributed by atoms with E-state index < -0.39 is 11.7 Å². The molecule has 0 aliphatic carbocycles. The molecule has 3 aromatic rings. The molecule has 0 bridgehead atoms. The molecule has 1 saturated heterocycles. The van der Waals surface area contributed by atoms with Gasteiger partial charge in [-0.2, -0.15) is 0 Å². The third-order valence-electron chi connectivity index (χ3n) is 7.18. The van der Waals surface area contributed by atoms with Gasteiger partial charge in [-0.3, -0.25) is 19.3 Å². The summed E-state index contributed by atoms with van der Waals surface area (Å²) in [5.41, 5.74) is 1.27. The van der Waals surface area contributed by atoms with Gasteiger partial charge in [-0.1, -0.05) is 45.0 Å². The molecule has 0 radical (unpaired) electrons. The van der Waals surface area contributed by atoms with E-state index in [1.54, 1.807) is 30.3 Å². The van der Waals surface area contributed by atoms with E-state index in [-0.39, 0.29) is 39.9 Å². The second-order valence-corrected chi connectivity index (χ2v) is 11.7. The van der Waals surface area contributed by atoms with Crippen molar-refractivity contribution in [3.63, 3.8) is 0 Å². The van der Waals surface area contributed by atoms with Crippen molar-refractivity contribution in [1.82, 2.24) is 10.2 Å². The third kappa shape index (κ3) is 7.27. The number of ether oxygens (including phenoxy) is 3. The zero-order valence-electron chi connectivity index (χ0n) is 25.3. The molecule has 3 aromatic carbocycles. The summed E-state index contributed by atoms with van der Waals surface area (Å²) in [6.45, 7) is 14.2. The van der Waals surface area contributed by atoms with Crippen LogP contribution in [-0.2, 0) is 14.9 Å². The lowest BCUT2D eigenvalue weighted by Gasteiger charge is -2.26. The van der Waals surface area contributed by atoms with Gasteiger partial charge in [0.25, 0.3) is 17.6 Å². The first-order valence-corrected chi connectivity index (χ1v) is 14.3. The maximum absolute atomic E-state index is 13.5. The van der Waals surface area contributed by atoms with Gasteiger partial charge in [0.1, 0.15) is 12.4 Å². The molecule has 4 rings (SSSR count). The smallest absolute Gasteiger partial charge is 0.296 e. The molecular weight excluding hydrogens is 534 g/mol. The molecule has 0 saturated carbocycles. The Morgan fingerprint density at radius 1 is 0.976 bits per heavy atom. The summed E-state index contributed by atoms with van der Waals surface area (Å²) in [6.07, 6.45) is 0. The molecule has 9 nitrogen and oxygen atoms in total. The number of hydrogen-bond acceptors (Lipinski definition) is 7. The second-order valence-electron chi connectivity index (χ2n) is 11.7. The lowest BCUT2D eigenvalue weighted by molar-refractivity contribution is -0.112. The van der Waals surface area contributed by atoms with Gasteiger partial charge < -0.3 is 24.8 Å². The van der Waals surface area contributed by atoms with Crippen LogP contribution in [0, 0.1) is 0 Å². The molecule has 2 amide bonds. The van der Waals surface area contributed by atoms with Crippen molar-refractivity contribution in [3.8, 4) is 11.5 Å². The fourth-order valence-corrected chi connectivity index (χ4v) is 4.89. The van der Waals surface area contributed by atoms with E-state index >= 15 is 0 Å². The van der Waals surface area contributed by atoms with Gasteiger partial charge in [-0.25, -0.2) is 0 Å². The number of anilines is 1. The molecule has 42 heavy (non-hydrogen) atoms. The molecule has 1 aliphatic heterocycles. The van der Waals surface area contributed by atoms with Crippen molar-refractivity contribution in [1.29, 1.82) is 0 Å². The Labute approximate surface area is 247 Å². The van der Waals surface area contributed by atoms with Crippen LogP contribution < -0.4 is 20.1 Å². The quantitative estimate of drug-likeness (QED) is 0.264. The Kier molecular flexibility index (Phi) is 9.85. The van der Waals surface area contributed by atoms with Crippen LogP contribution in [0.2, 0.25) is 0 Å². The Balaban J connectivity index is 1.61. The van der Waals surface area contributed by atoms with Gasteiger partial charge >= 0.3 is 0 Å². The van der Waals surface area contributed by atoms with Gasteiger partial charge in [0.05, 0.1) is 31.6 Å². The minimum absolute atomic E-state index is 0.0975. The van der Waals surface area contributed by atoms with Crippen LogP contribution in [0.15, 0.2) is 48.5 Å². The number of methoxy groups -OCH3 is 1. The molecule has 0 aromatic heterocycles. The van der Waals surface area contributed by atoms with Crippen molar-refractivity contribution in [3.05, 3.63) is 65.2 Å². The van der Waals surface area contributed by atoms with Crippen molar-refractivity contribution < 1.29 is 28.6 Å². The van der Waals surface area contributed by atoms with Crippen LogP contribution >= 0.6 is 0 Å². The lowest BCUT2D eigenvalue weighted by atomic mass is 9.85. The number of amides is 2. The first-order valence-electron chi connectivity index (χ1n) is 14.3. The summed E-state index contributed by atoms with van der Waals surface area (Å²) in [4.78, 5) is 42.3. The molecule has 224 valence electrons. The van der Waals surface area contributed by atoms with Gasteiger partial charge in [0.15, 0.2) is 5.75 Å². The third-order valence-corrected chi connectivity index (χ3v) is 7.18. The Morgan fingerprint density at radius 3 is 2.31 bits per heavy atom. The van der Waals surface area contributed by atoms with Crippen LogP contribution in [0.25, 0.3) is 10.8 Å². The van der Waals surface area contributed by atoms with Crippen LogP contribution in [0.4, 0.5) is 5.69 Å². The van der Waals surface area contributed by atoms with Crippen LogP contribution in [0.5, 0.6) is 11.5 Å². The number of benzene rings is 3. The van der Waals surface area contributed by atoms with E-state index in [1.165, 1.54) is 7.11 Å². The standard InChI is InChI=1S/C33H41N3O6/c1-21(2)34-31(38)26-19-22(33(3,4)5)20-27(30(26)40-6)35-32(39)29(37)25-11-12-28(24-10-8-7-9-23(24)25)42-18-15-36-13-16-41-17-14-36/h7-12,19-21H,13-18H2,1-6H3,(H,34,38)(H,35,39). The predicted molar refractivity (Wildman–Crippen MR) is 164 cm³/mol. The Bertz CT molecular complexity index is 1450. The summed E-state index contributed by atoms with van der Waals surface area (Å²) in [6, 6.07) is 14.2. The molecule has 0 atom stereocenters. The van der Waals surface area contributed by atoms with Crippen molar-refractivity contribution in [2.75, 3.05) is 51.9 Å². The van der Waals surface area contributed by atoms with Crippen molar-refractivity contribution in [2.45, 2.75) is 46.1 Å². The lowest BCUT2D eigenvalue weighted by Crippen LogP contribution is -2.38. The zero-order chi connectivity index (χ0) is 30.4. The normalized spacial score (nSPS) is 14.1. The number of nitrogens with zero attached hydrogens (tertiary/aromatic N) is 1. The molecule has 0 spiro atoms. The monoisotopic (exact) mass is 575 g/mol. The first kappa shape index (κ1) is 31.0. The molecular formula is C33H41N3O6. The number of fused-ring (bicyclic) bond motifs is 1. The summed E-state index contributed by atoms with van der Waals surface area (Å²) >= 11 is 0. The fourth-order valence-electron chi connectivity index (χ4n) is 4.89. The minimum atomic E-state index is -0.833. The number of nitrogens with one attached hydrogen (secondary N) is 2. The highest BCUT2D eigenvalue weighted by Gasteiger charge is 2.27. The van der Waals surface area contributed by atoms with E-state index in [1.807, 2.05) is 52.8 Å². The molecule has 1 fully saturated rings. The molecule has 1 aliphatic rings. The van der Waals surface area contributed by atoms with Gasteiger partial charge in [-0.15, -0.1) is 0 Å². The number of ketones is 1. The Hall–Kier alpha value is -3.95. The van der Waals surface area contributed by atoms with Crippen molar-refractivity contribution >= 4 is 34.1 Å². The number of Topliss-reactive ketones (excluding diaryl/α,β-unsaturated/α-hetero) is 1. The van der Waals surface area contributed by atoms with E-state index in [2.05, 4.69) is 15.5 Å². The van der Waals surface area contributed by atoms with E-state index in [0.717, 1.165) is 43.8 Å². The van der Waals surface area contributed by atoms with Crippen LogP contribution in [0.1, 0.15) is 60.9 Å². The summed E-state index contributed by atoms with van der Waals surface area (Å²) in [5.74, 6) is -1.03. The van der Waals surface area contributed by atoms with Crippen LogP contribution in [-0.4, -0.2) is 75.1 Å². The van der Waals surface area contributed by atoms with Gasteiger partial charge in [0.2, 0.25) is 0 Å². The average Bonchev–Trinajstić information content (AvgIpc) is 2.96. The van der Waals surface area contributed by atoms with Gasteiger partial charge in [-0.05, 0) is 54.5 Å². The SMILES string of the molecule is COc1c(NC(=O)C(=O)c2ccc(OCCN3CCOCC3)c3ccccc23)cc(C(C)(C)C)cc1C(=O)NC(C)C. The highest BCUT2D eigenvalue weighted by molar-refractivity contribution is 6.48. The van der Waals surface area contributed by atoms with Crippen molar-refractivity contribution in [2.24, 2.45) is 0 Å². The van der Waals surface area contributed by atoms with E-state index in [4.69, 9.17) is 14.2 Å². The summed E-state index contributed by atoms with van der Waals surface area (Å²) in [5, 5.41) is 6.98. The molecule has 0 unspecified atom stereocenters. The average molecular weight is 576 g/mol. The van der Waals surface area contributed by atoms with E-state index in [0.29, 0.717) is 17.7 Å². The number of hydrogen-bond donors (Lipinski definition) is 2.